The highest BCUT2D eigenvalue weighted by Crippen LogP contribution is 2.40. The van der Waals surface area contributed by atoms with Gasteiger partial charge in [0.15, 0.2) is 11.5 Å². The van der Waals surface area contributed by atoms with E-state index in [1.54, 1.807) is 38.0 Å². The highest BCUT2D eigenvalue weighted by Gasteiger charge is 2.43. The molecule has 1 aromatic carbocycles. The van der Waals surface area contributed by atoms with Crippen molar-refractivity contribution in [2.75, 3.05) is 7.11 Å². The first-order valence-electron chi connectivity index (χ1n) is 8.38. The second-order valence-electron chi connectivity index (χ2n) is 6.47. The predicted molar refractivity (Wildman–Crippen MR) is 100 cm³/mol. The zero-order valence-electron chi connectivity index (χ0n) is 14.9. The molecule has 1 aliphatic rings. The van der Waals surface area contributed by atoms with Gasteiger partial charge in [0.05, 0.1) is 25.3 Å². The summed E-state index contributed by atoms with van der Waals surface area (Å²) in [5.74, 6) is -0.801. The van der Waals surface area contributed by atoms with Gasteiger partial charge >= 0.3 is 0 Å². The van der Waals surface area contributed by atoms with Crippen LogP contribution in [0.25, 0.3) is 0 Å². The van der Waals surface area contributed by atoms with E-state index in [1.165, 1.54) is 11.3 Å². The summed E-state index contributed by atoms with van der Waals surface area (Å²) in [6, 6.07) is 10.5. The number of benzene rings is 1. The summed E-state index contributed by atoms with van der Waals surface area (Å²) < 4.78 is 5.19. The fourth-order valence-corrected chi connectivity index (χ4v) is 3.79. The molecule has 3 rings (SSSR count). The van der Waals surface area contributed by atoms with E-state index in [1.807, 2.05) is 29.6 Å². The number of aliphatic hydroxyl groups excluding tert-OH is 1. The number of carbonyl (C=O) groups excluding carboxylic acids is 2. The number of thiophene rings is 1. The van der Waals surface area contributed by atoms with Gasteiger partial charge in [-0.05, 0) is 29.1 Å². The van der Waals surface area contributed by atoms with E-state index < -0.39 is 17.7 Å². The third kappa shape index (κ3) is 3.24. The first-order chi connectivity index (χ1) is 12.4. The number of nitrogens with zero attached hydrogens (tertiary/aromatic N) is 1. The Bertz CT molecular complexity index is 837. The van der Waals surface area contributed by atoms with Crippen LogP contribution in [-0.2, 0) is 16.1 Å². The van der Waals surface area contributed by atoms with E-state index in [2.05, 4.69) is 0 Å². The minimum atomic E-state index is -0.606. The Morgan fingerprint density at radius 2 is 1.96 bits per heavy atom. The van der Waals surface area contributed by atoms with Crippen LogP contribution in [0.2, 0.25) is 0 Å². The first-order valence-corrected chi connectivity index (χ1v) is 9.26. The monoisotopic (exact) mass is 371 g/mol. The summed E-state index contributed by atoms with van der Waals surface area (Å²) in [4.78, 5) is 28.0. The predicted octanol–water partition coefficient (Wildman–Crippen LogP) is 3.88. The fourth-order valence-electron chi connectivity index (χ4n) is 3.08. The number of hydrogen-bond donors (Lipinski definition) is 1. The SMILES string of the molecule is COc1ccc(C2C(C(=O)C(C)C)=C(O)C(=O)N2Cc2cccs2)cc1. The number of rotatable bonds is 6. The van der Waals surface area contributed by atoms with Gasteiger partial charge in [0.2, 0.25) is 0 Å². The molecular weight excluding hydrogens is 350 g/mol. The molecule has 136 valence electrons. The van der Waals surface area contributed by atoms with Crippen LogP contribution < -0.4 is 4.74 Å². The Morgan fingerprint density at radius 1 is 1.27 bits per heavy atom. The van der Waals surface area contributed by atoms with Gasteiger partial charge in [0.25, 0.3) is 5.91 Å². The lowest BCUT2D eigenvalue weighted by atomic mass is 9.91. The molecule has 2 aromatic rings. The van der Waals surface area contributed by atoms with Crippen LogP contribution in [0.15, 0.2) is 53.1 Å². The molecule has 26 heavy (non-hydrogen) atoms. The molecule has 1 N–H and O–H groups in total. The molecule has 2 heterocycles. The van der Waals surface area contributed by atoms with E-state index in [9.17, 15) is 14.7 Å². The van der Waals surface area contributed by atoms with Crippen LogP contribution in [0.3, 0.4) is 0 Å². The Hall–Kier alpha value is -2.60. The van der Waals surface area contributed by atoms with E-state index in [4.69, 9.17) is 4.74 Å². The Balaban J connectivity index is 2.06. The average Bonchev–Trinajstić information content (AvgIpc) is 3.23. The second kappa shape index (κ2) is 7.33. The van der Waals surface area contributed by atoms with Gasteiger partial charge in [-0.25, -0.2) is 0 Å². The molecule has 0 aliphatic carbocycles. The Labute approximate surface area is 156 Å². The summed E-state index contributed by atoms with van der Waals surface area (Å²) in [7, 11) is 1.58. The molecule has 1 amide bonds. The smallest absolute Gasteiger partial charge is 0.290 e. The van der Waals surface area contributed by atoms with Crippen LogP contribution in [-0.4, -0.2) is 28.8 Å². The van der Waals surface area contributed by atoms with Crippen LogP contribution in [0.4, 0.5) is 0 Å². The molecule has 1 aromatic heterocycles. The number of carbonyl (C=O) groups is 2. The van der Waals surface area contributed by atoms with Crippen molar-refractivity contribution in [2.45, 2.75) is 26.4 Å². The molecular formula is C20H21NO4S. The number of amides is 1. The highest BCUT2D eigenvalue weighted by atomic mass is 32.1. The Morgan fingerprint density at radius 3 is 2.50 bits per heavy atom. The molecule has 0 saturated carbocycles. The molecule has 0 bridgehead atoms. The maximum atomic E-state index is 12.7. The van der Waals surface area contributed by atoms with Gasteiger partial charge in [-0.1, -0.05) is 32.0 Å². The number of Topliss-reactive ketones (excluding diaryl/α,β-unsaturated/α-hetero) is 1. The van der Waals surface area contributed by atoms with E-state index in [0.717, 1.165) is 10.4 Å². The molecule has 0 radical (unpaired) electrons. The van der Waals surface area contributed by atoms with E-state index in [0.29, 0.717) is 12.3 Å². The number of ketones is 1. The van der Waals surface area contributed by atoms with Crippen molar-refractivity contribution in [1.82, 2.24) is 4.90 Å². The lowest BCUT2D eigenvalue weighted by molar-refractivity contribution is -0.130. The quantitative estimate of drug-likeness (QED) is 0.837. The molecule has 5 nitrogen and oxygen atoms in total. The number of hydrogen-bond acceptors (Lipinski definition) is 5. The maximum Gasteiger partial charge on any atom is 0.290 e. The average molecular weight is 371 g/mol. The summed E-state index contributed by atoms with van der Waals surface area (Å²) in [5.41, 5.74) is 0.940. The molecule has 1 aliphatic heterocycles. The van der Waals surface area contributed by atoms with Crippen molar-refractivity contribution in [3.8, 4) is 5.75 Å². The molecule has 0 saturated heterocycles. The van der Waals surface area contributed by atoms with Crippen LogP contribution in [0.1, 0.15) is 30.3 Å². The third-order valence-electron chi connectivity index (χ3n) is 4.43. The van der Waals surface area contributed by atoms with Gasteiger partial charge in [0.1, 0.15) is 5.75 Å². The molecule has 1 unspecified atom stereocenters. The number of ether oxygens (including phenoxy) is 1. The number of methoxy groups -OCH3 is 1. The lowest BCUT2D eigenvalue weighted by Crippen LogP contribution is -2.30. The normalized spacial score (nSPS) is 17.3. The van der Waals surface area contributed by atoms with Crippen LogP contribution in [0, 0.1) is 5.92 Å². The topological polar surface area (TPSA) is 66.8 Å². The lowest BCUT2D eigenvalue weighted by Gasteiger charge is -2.27. The minimum absolute atomic E-state index is 0.173. The second-order valence-corrected chi connectivity index (χ2v) is 7.50. The maximum absolute atomic E-state index is 12.7. The molecule has 6 heteroatoms. The van der Waals surface area contributed by atoms with Gasteiger partial charge in [-0.15, -0.1) is 11.3 Å². The van der Waals surface area contributed by atoms with Crippen LogP contribution in [0.5, 0.6) is 5.75 Å². The van der Waals surface area contributed by atoms with Crippen molar-refractivity contribution in [1.29, 1.82) is 0 Å². The molecule has 0 spiro atoms. The first kappa shape index (κ1) is 18.2. The van der Waals surface area contributed by atoms with Gasteiger partial charge in [-0.2, -0.15) is 0 Å². The largest absolute Gasteiger partial charge is 0.503 e. The Kier molecular flexibility index (Phi) is 5.13. The third-order valence-corrected chi connectivity index (χ3v) is 5.29. The standard InChI is InChI=1S/C20H21NO4S/c1-12(2)18(22)16-17(13-6-8-14(25-3)9-7-13)21(20(24)19(16)23)11-15-5-4-10-26-15/h4-10,12,17,23H,11H2,1-3H3. The van der Waals surface area contributed by atoms with Crippen LogP contribution >= 0.6 is 11.3 Å². The van der Waals surface area contributed by atoms with Crippen molar-refractivity contribution in [3.05, 3.63) is 63.6 Å². The van der Waals surface area contributed by atoms with Gasteiger partial charge in [-0.3, -0.25) is 9.59 Å². The minimum Gasteiger partial charge on any atom is -0.503 e. The summed E-state index contributed by atoms with van der Waals surface area (Å²) in [6.45, 7) is 3.87. The van der Waals surface area contributed by atoms with Crippen molar-refractivity contribution >= 4 is 23.0 Å². The van der Waals surface area contributed by atoms with Gasteiger partial charge in [0, 0.05) is 10.8 Å². The number of aliphatic hydroxyl groups is 1. The van der Waals surface area contributed by atoms with Gasteiger partial charge < -0.3 is 14.7 Å². The van der Waals surface area contributed by atoms with E-state index in [-0.39, 0.29) is 17.3 Å². The summed E-state index contributed by atoms with van der Waals surface area (Å²) >= 11 is 1.53. The highest BCUT2D eigenvalue weighted by molar-refractivity contribution is 7.09. The van der Waals surface area contributed by atoms with Crippen molar-refractivity contribution in [3.63, 3.8) is 0 Å². The fraction of sp³-hybridized carbons (Fsp3) is 0.300. The van der Waals surface area contributed by atoms with Crippen molar-refractivity contribution < 1.29 is 19.4 Å². The summed E-state index contributed by atoms with van der Waals surface area (Å²) in [5, 5.41) is 12.4. The zero-order chi connectivity index (χ0) is 18.8. The zero-order valence-corrected chi connectivity index (χ0v) is 15.7. The summed E-state index contributed by atoms with van der Waals surface area (Å²) in [6.07, 6.45) is 0. The van der Waals surface area contributed by atoms with E-state index >= 15 is 0 Å². The molecule has 0 fully saturated rings. The van der Waals surface area contributed by atoms with Crippen molar-refractivity contribution in [2.24, 2.45) is 5.92 Å². The molecule has 1 atom stereocenters.